The van der Waals surface area contributed by atoms with Gasteiger partial charge in [0.25, 0.3) is 5.69 Å². The molecular formula is C14H23N3O3. The van der Waals surface area contributed by atoms with Crippen molar-refractivity contribution in [2.45, 2.75) is 33.2 Å². The largest absolute Gasteiger partial charge is 0.396 e. The first-order valence-electron chi connectivity index (χ1n) is 6.88. The molecule has 6 heteroatoms. The van der Waals surface area contributed by atoms with Gasteiger partial charge in [0.05, 0.1) is 4.92 Å². The molecule has 1 rings (SSSR count). The van der Waals surface area contributed by atoms with Crippen molar-refractivity contribution in [2.24, 2.45) is 5.92 Å². The second-order valence-electron chi connectivity index (χ2n) is 5.05. The van der Waals surface area contributed by atoms with E-state index in [0.29, 0.717) is 5.69 Å². The van der Waals surface area contributed by atoms with Crippen LogP contribution in [0.5, 0.6) is 0 Å². The zero-order chi connectivity index (χ0) is 15.1. The SMILES string of the molecule is CCCNc1cc(NC(C)C(C)CO)cc([N+](=O)[O-])c1. The number of aliphatic hydroxyl groups is 1. The maximum atomic E-state index is 11.0. The number of nitro groups is 1. The van der Waals surface area contributed by atoms with Crippen molar-refractivity contribution >= 4 is 17.1 Å². The normalized spacial score (nSPS) is 13.6. The number of aliphatic hydroxyl groups excluding tert-OH is 1. The van der Waals surface area contributed by atoms with Crippen LogP contribution >= 0.6 is 0 Å². The highest BCUT2D eigenvalue weighted by atomic mass is 16.6. The Bertz CT molecular complexity index is 451. The van der Waals surface area contributed by atoms with E-state index in [1.165, 1.54) is 12.1 Å². The molecule has 0 radical (unpaired) electrons. The Morgan fingerprint density at radius 2 is 1.95 bits per heavy atom. The molecule has 2 atom stereocenters. The number of nitrogens with one attached hydrogen (secondary N) is 2. The zero-order valence-electron chi connectivity index (χ0n) is 12.2. The van der Waals surface area contributed by atoms with E-state index in [4.69, 9.17) is 5.11 Å². The molecule has 0 bridgehead atoms. The van der Waals surface area contributed by atoms with Gasteiger partial charge in [0.15, 0.2) is 0 Å². The lowest BCUT2D eigenvalue weighted by Crippen LogP contribution is -2.26. The van der Waals surface area contributed by atoms with Crippen molar-refractivity contribution < 1.29 is 10.0 Å². The van der Waals surface area contributed by atoms with Gasteiger partial charge in [-0.1, -0.05) is 13.8 Å². The second kappa shape index (κ2) is 7.69. The molecule has 2 unspecified atom stereocenters. The van der Waals surface area contributed by atoms with Gasteiger partial charge in [0.2, 0.25) is 0 Å². The minimum absolute atomic E-state index is 0.0287. The summed E-state index contributed by atoms with van der Waals surface area (Å²) in [6.07, 6.45) is 0.948. The number of hydrogen-bond acceptors (Lipinski definition) is 5. The molecule has 0 saturated heterocycles. The fourth-order valence-corrected chi connectivity index (χ4v) is 1.73. The van der Waals surface area contributed by atoms with E-state index >= 15 is 0 Å². The van der Waals surface area contributed by atoms with Crippen molar-refractivity contribution in [1.29, 1.82) is 0 Å². The summed E-state index contributed by atoms with van der Waals surface area (Å²) in [5.41, 5.74) is 1.47. The van der Waals surface area contributed by atoms with Gasteiger partial charge in [-0.05, 0) is 25.3 Å². The average molecular weight is 281 g/mol. The van der Waals surface area contributed by atoms with Gasteiger partial charge in [0.1, 0.15) is 0 Å². The van der Waals surface area contributed by atoms with Crippen molar-refractivity contribution in [3.63, 3.8) is 0 Å². The summed E-state index contributed by atoms with van der Waals surface area (Å²) in [5.74, 6) is 0.0707. The Hall–Kier alpha value is -1.82. The molecule has 0 aliphatic heterocycles. The van der Waals surface area contributed by atoms with Crippen LogP contribution in [0.3, 0.4) is 0 Å². The first-order chi connectivity index (χ1) is 9.47. The van der Waals surface area contributed by atoms with Gasteiger partial charge in [-0.25, -0.2) is 0 Å². The number of anilines is 2. The number of hydrogen-bond donors (Lipinski definition) is 3. The summed E-state index contributed by atoms with van der Waals surface area (Å²) in [5, 5.41) is 26.5. The Balaban J connectivity index is 2.93. The lowest BCUT2D eigenvalue weighted by Gasteiger charge is -2.21. The summed E-state index contributed by atoms with van der Waals surface area (Å²) >= 11 is 0. The van der Waals surface area contributed by atoms with E-state index in [-0.39, 0.29) is 24.3 Å². The molecule has 1 aromatic carbocycles. The fraction of sp³-hybridized carbons (Fsp3) is 0.571. The highest BCUT2D eigenvalue weighted by molar-refractivity contribution is 5.63. The third kappa shape index (κ3) is 4.70. The second-order valence-corrected chi connectivity index (χ2v) is 5.05. The molecule has 0 fully saturated rings. The van der Waals surface area contributed by atoms with E-state index in [0.717, 1.165) is 18.7 Å². The minimum Gasteiger partial charge on any atom is -0.396 e. The molecule has 0 aliphatic rings. The van der Waals surface area contributed by atoms with Crippen LogP contribution in [0.1, 0.15) is 27.2 Å². The summed E-state index contributed by atoms with van der Waals surface area (Å²) in [7, 11) is 0. The summed E-state index contributed by atoms with van der Waals surface area (Å²) in [4.78, 5) is 10.6. The first-order valence-corrected chi connectivity index (χ1v) is 6.88. The van der Waals surface area contributed by atoms with Crippen LogP contribution in [0.2, 0.25) is 0 Å². The van der Waals surface area contributed by atoms with Crippen LogP contribution in [0.25, 0.3) is 0 Å². The van der Waals surface area contributed by atoms with Gasteiger partial charge >= 0.3 is 0 Å². The molecule has 0 aliphatic carbocycles. The number of nitrogens with zero attached hydrogens (tertiary/aromatic N) is 1. The van der Waals surface area contributed by atoms with Crippen LogP contribution in [-0.2, 0) is 0 Å². The summed E-state index contributed by atoms with van der Waals surface area (Å²) < 4.78 is 0. The van der Waals surface area contributed by atoms with Crippen molar-refractivity contribution in [1.82, 2.24) is 0 Å². The highest BCUT2D eigenvalue weighted by Gasteiger charge is 2.14. The lowest BCUT2D eigenvalue weighted by atomic mass is 10.0. The van der Waals surface area contributed by atoms with Crippen molar-refractivity contribution in [2.75, 3.05) is 23.8 Å². The fourth-order valence-electron chi connectivity index (χ4n) is 1.73. The molecule has 20 heavy (non-hydrogen) atoms. The van der Waals surface area contributed by atoms with Crippen LogP contribution in [-0.4, -0.2) is 29.2 Å². The third-order valence-corrected chi connectivity index (χ3v) is 3.24. The smallest absolute Gasteiger partial charge is 0.273 e. The number of rotatable bonds is 8. The Morgan fingerprint density at radius 3 is 2.50 bits per heavy atom. The van der Waals surface area contributed by atoms with Gasteiger partial charge in [-0.15, -0.1) is 0 Å². The molecule has 112 valence electrons. The third-order valence-electron chi connectivity index (χ3n) is 3.24. The van der Waals surface area contributed by atoms with Gasteiger partial charge < -0.3 is 15.7 Å². The van der Waals surface area contributed by atoms with Crippen LogP contribution in [0.4, 0.5) is 17.1 Å². The summed E-state index contributed by atoms with van der Waals surface area (Å²) in [6.45, 7) is 6.74. The number of non-ortho nitro benzene ring substituents is 1. The maximum Gasteiger partial charge on any atom is 0.273 e. The molecule has 0 saturated carbocycles. The molecule has 0 aromatic heterocycles. The monoisotopic (exact) mass is 281 g/mol. The Morgan fingerprint density at radius 1 is 1.30 bits per heavy atom. The van der Waals surface area contributed by atoms with Crippen LogP contribution < -0.4 is 10.6 Å². The number of nitro benzene ring substituents is 1. The Kier molecular flexibility index (Phi) is 6.24. The zero-order valence-corrected chi connectivity index (χ0v) is 12.2. The van der Waals surface area contributed by atoms with E-state index in [2.05, 4.69) is 10.6 Å². The minimum atomic E-state index is -0.400. The highest BCUT2D eigenvalue weighted by Crippen LogP contribution is 2.25. The van der Waals surface area contributed by atoms with Crippen molar-refractivity contribution in [3.05, 3.63) is 28.3 Å². The Labute approximate surface area is 119 Å². The van der Waals surface area contributed by atoms with E-state index in [9.17, 15) is 10.1 Å². The quantitative estimate of drug-likeness (QED) is 0.504. The molecule has 0 spiro atoms. The molecule has 0 heterocycles. The maximum absolute atomic E-state index is 11.0. The van der Waals surface area contributed by atoms with E-state index in [1.54, 1.807) is 0 Å². The van der Waals surface area contributed by atoms with Gasteiger partial charge in [-0.2, -0.15) is 0 Å². The lowest BCUT2D eigenvalue weighted by molar-refractivity contribution is -0.384. The van der Waals surface area contributed by atoms with Gasteiger partial charge in [0, 0.05) is 42.7 Å². The number of benzene rings is 1. The van der Waals surface area contributed by atoms with Crippen LogP contribution in [0.15, 0.2) is 18.2 Å². The topological polar surface area (TPSA) is 87.4 Å². The predicted octanol–water partition coefficient (Wildman–Crippen LogP) is 2.85. The van der Waals surface area contributed by atoms with E-state index in [1.807, 2.05) is 26.8 Å². The molecule has 3 N–H and O–H groups in total. The summed E-state index contributed by atoms with van der Waals surface area (Å²) in [6, 6.07) is 4.92. The molecule has 1 aromatic rings. The van der Waals surface area contributed by atoms with E-state index < -0.39 is 4.92 Å². The molecular weight excluding hydrogens is 258 g/mol. The standard InChI is InChI=1S/C14H23N3O3/c1-4-5-15-12-6-13(8-14(7-12)17(19)20)16-11(3)10(2)9-18/h6-8,10-11,15-16,18H,4-5,9H2,1-3H3. The molecule has 6 nitrogen and oxygen atoms in total. The predicted molar refractivity (Wildman–Crippen MR) is 81.2 cm³/mol. The van der Waals surface area contributed by atoms with Crippen LogP contribution in [0, 0.1) is 16.0 Å². The first kappa shape index (κ1) is 16.2. The molecule has 0 amide bonds. The average Bonchev–Trinajstić information content (AvgIpc) is 2.43. The van der Waals surface area contributed by atoms with Crippen molar-refractivity contribution in [3.8, 4) is 0 Å². The van der Waals surface area contributed by atoms with Gasteiger partial charge in [-0.3, -0.25) is 10.1 Å².